The van der Waals surface area contributed by atoms with E-state index in [9.17, 15) is 22.8 Å². The maximum Gasteiger partial charge on any atom is 0.454 e. The summed E-state index contributed by atoms with van der Waals surface area (Å²) in [4.78, 5) is 35.1. The van der Waals surface area contributed by atoms with Crippen molar-refractivity contribution in [3.8, 4) is 21.7 Å². The number of halogens is 3. The SMILES string of the molecule is CCNC(=O)Nc1cc(-c2nc(C(F)(F)F)cs2)c(-c2cncc(C3N=NC(=O)O3)c2)cn1. The number of alkyl halides is 3. The average Bonchev–Trinajstić information content (AvgIpc) is 3.43. The number of amides is 3. The standard InChI is InChI=1S/C19H14F3N7O3S/c1-2-24-17(30)27-14-4-11(16-26-13(8-33-16)19(20,21)22)12(7-25-14)9-3-10(6-23-5-9)15-28-29-18(31)32-15/h3-8,15H,2H2,1H3,(H2,24,25,27,30). The maximum absolute atomic E-state index is 13.1. The number of aromatic nitrogens is 3. The summed E-state index contributed by atoms with van der Waals surface area (Å²) in [6.07, 6.45) is -2.15. The first-order chi connectivity index (χ1) is 15.7. The van der Waals surface area contributed by atoms with Crippen LogP contribution in [0.1, 0.15) is 24.4 Å². The third kappa shape index (κ3) is 4.95. The van der Waals surface area contributed by atoms with Gasteiger partial charge < -0.3 is 10.1 Å². The average molecular weight is 477 g/mol. The summed E-state index contributed by atoms with van der Waals surface area (Å²) in [5, 5.41) is 13.0. The molecule has 4 heterocycles. The zero-order valence-corrected chi connectivity index (χ0v) is 17.6. The highest BCUT2D eigenvalue weighted by Crippen LogP contribution is 2.39. The Labute approximate surface area is 188 Å². The lowest BCUT2D eigenvalue weighted by molar-refractivity contribution is -0.140. The highest BCUT2D eigenvalue weighted by molar-refractivity contribution is 7.13. The molecular weight excluding hydrogens is 463 g/mol. The molecule has 1 atom stereocenters. The quantitative estimate of drug-likeness (QED) is 0.530. The van der Waals surface area contributed by atoms with Crippen molar-refractivity contribution in [1.82, 2.24) is 20.3 Å². The Hall–Kier alpha value is -3.94. The Balaban J connectivity index is 1.77. The Morgan fingerprint density at radius 2 is 2.03 bits per heavy atom. The van der Waals surface area contributed by atoms with Crippen LogP contribution in [0.5, 0.6) is 0 Å². The summed E-state index contributed by atoms with van der Waals surface area (Å²) >= 11 is 0.796. The van der Waals surface area contributed by atoms with Crippen molar-refractivity contribution >= 4 is 29.3 Å². The Kier molecular flexibility index (Phi) is 6.00. The van der Waals surface area contributed by atoms with Crippen LogP contribution in [0, 0.1) is 0 Å². The molecule has 0 bridgehead atoms. The van der Waals surface area contributed by atoms with E-state index in [0.717, 1.165) is 16.7 Å². The lowest BCUT2D eigenvalue weighted by Gasteiger charge is -2.12. The third-order valence-electron chi connectivity index (χ3n) is 4.32. The highest BCUT2D eigenvalue weighted by atomic mass is 32.1. The molecule has 4 rings (SSSR count). The number of nitrogens with one attached hydrogen (secondary N) is 2. The molecule has 1 aliphatic rings. The normalized spacial score (nSPS) is 15.4. The number of hydrogen-bond acceptors (Lipinski definition) is 8. The van der Waals surface area contributed by atoms with Gasteiger partial charge in [0, 0.05) is 52.8 Å². The Morgan fingerprint density at radius 1 is 1.21 bits per heavy atom. The summed E-state index contributed by atoms with van der Waals surface area (Å²) in [5.41, 5.74) is 0.527. The van der Waals surface area contributed by atoms with E-state index in [1.54, 1.807) is 13.0 Å². The maximum atomic E-state index is 13.1. The molecule has 3 aromatic rings. The number of carbonyl (C=O) groups excluding carboxylic acids is 2. The fourth-order valence-corrected chi connectivity index (χ4v) is 3.75. The van der Waals surface area contributed by atoms with Crippen LogP contribution in [0.2, 0.25) is 0 Å². The summed E-state index contributed by atoms with van der Waals surface area (Å²) < 4.78 is 44.4. The monoisotopic (exact) mass is 477 g/mol. The zero-order valence-electron chi connectivity index (χ0n) is 16.8. The first-order valence-corrected chi connectivity index (χ1v) is 10.3. The van der Waals surface area contributed by atoms with Gasteiger partial charge in [-0.05, 0) is 19.1 Å². The lowest BCUT2D eigenvalue weighted by Crippen LogP contribution is -2.28. The molecular formula is C19H14F3N7O3S. The number of azo groups is 1. The van der Waals surface area contributed by atoms with E-state index < -0.39 is 30.2 Å². The number of rotatable bonds is 5. The van der Waals surface area contributed by atoms with Crippen molar-refractivity contribution in [3.05, 3.63) is 47.4 Å². The molecule has 0 aromatic carbocycles. The predicted molar refractivity (Wildman–Crippen MR) is 110 cm³/mol. The van der Waals surface area contributed by atoms with Gasteiger partial charge in [0.25, 0.3) is 0 Å². The van der Waals surface area contributed by atoms with Crippen LogP contribution in [0.15, 0.2) is 46.3 Å². The van der Waals surface area contributed by atoms with E-state index in [1.165, 1.54) is 24.7 Å². The van der Waals surface area contributed by atoms with E-state index in [0.29, 0.717) is 28.8 Å². The molecule has 0 radical (unpaired) electrons. The third-order valence-corrected chi connectivity index (χ3v) is 5.20. The van der Waals surface area contributed by atoms with E-state index in [4.69, 9.17) is 4.74 Å². The van der Waals surface area contributed by atoms with Crippen LogP contribution < -0.4 is 10.6 Å². The number of pyridine rings is 2. The van der Waals surface area contributed by atoms with Gasteiger partial charge in [0.05, 0.1) is 0 Å². The van der Waals surface area contributed by atoms with Crippen molar-refractivity contribution in [2.24, 2.45) is 10.2 Å². The van der Waals surface area contributed by atoms with Crippen molar-refractivity contribution in [3.63, 3.8) is 0 Å². The van der Waals surface area contributed by atoms with Gasteiger partial charge in [-0.2, -0.15) is 13.2 Å². The second-order valence-electron chi connectivity index (χ2n) is 6.59. The van der Waals surface area contributed by atoms with Crippen LogP contribution in [-0.2, 0) is 10.9 Å². The largest absolute Gasteiger partial charge is 0.454 e. The number of ether oxygens (including phenoxy) is 1. The van der Waals surface area contributed by atoms with Gasteiger partial charge in [-0.15, -0.1) is 16.5 Å². The smallest absolute Gasteiger partial charge is 0.415 e. The van der Waals surface area contributed by atoms with Crippen LogP contribution in [0.4, 0.5) is 28.6 Å². The number of carbonyl (C=O) groups is 2. The van der Waals surface area contributed by atoms with Gasteiger partial charge >= 0.3 is 18.3 Å². The second kappa shape index (κ2) is 8.90. The fraction of sp³-hybridized carbons (Fsp3) is 0.211. The van der Waals surface area contributed by atoms with Gasteiger partial charge in [-0.1, -0.05) is 5.11 Å². The molecule has 0 aliphatic carbocycles. The van der Waals surface area contributed by atoms with Crippen LogP contribution >= 0.6 is 11.3 Å². The van der Waals surface area contributed by atoms with Gasteiger partial charge in [0.2, 0.25) is 6.23 Å². The molecule has 0 saturated carbocycles. The summed E-state index contributed by atoms with van der Waals surface area (Å²) in [6.45, 7) is 2.11. The number of urea groups is 1. The van der Waals surface area contributed by atoms with E-state index >= 15 is 0 Å². The van der Waals surface area contributed by atoms with E-state index in [2.05, 4.69) is 35.8 Å². The highest BCUT2D eigenvalue weighted by Gasteiger charge is 2.34. The van der Waals surface area contributed by atoms with Crippen molar-refractivity contribution in [2.45, 2.75) is 19.3 Å². The molecule has 0 fully saturated rings. The Bertz CT molecular complexity index is 1250. The molecule has 0 saturated heterocycles. The molecule has 1 unspecified atom stereocenters. The molecule has 2 N–H and O–H groups in total. The number of anilines is 1. The molecule has 3 amide bonds. The topological polar surface area (TPSA) is 131 Å². The summed E-state index contributed by atoms with van der Waals surface area (Å²) in [6, 6.07) is 2.51. The molecule has 33 heavy (non-hydrogen) atoms. The lowest BCUT2D eigenvalue weighted by atomic mass is 10.0. The second-order valence-corrected chi connectivity index (χ2v) is 7.45. The van der Waals surface area contributed by atoms with Gasteiger partial charge in [-0.3, -0.25) is 10.3 Å². The van der Waals surface area contributed by atoms with E-state index in [1.807, 2.05) is 0 Å². The number of thiazole rings is 1. The first-order valence-electron chi connectivity index (χ1n) is 9.39. The number of cyclic esters (lactones) is 1. The molecule has 0 spiro atoms. The van der Waals surface area contributed by atoms with Crippen LogP contribution in [-0.4, -0.2) is 33.6 Å². The van der Waals surface area contributed by atoms with Crippen molar-refractivity contribution < 1.29 is 27.5 Å². The zero-order chi connectivity index (χ0) is 23.6. The molecule has 1 aliphatic heterocycles. The fourth-order valence-electron chi connectivity index (χ4n) is 2.90. The minimum Gasteiger partial charge on any atom is -0.415 e. The van der Waals surface area contributed by atoms with Crippen molar-refractivity contribution in [2.75, 3.05) is 11.9 Å². The van der Waals surface area contributed by atoms with Crippen molar-refractivity contribution in [1.29, 1.82) is 0 Å². The predicted octanol–water partition coefficient (Wildman–Crippen LogP) is 5.03. The molecule has 170 valence electrons. The Morgan fingerprint density at radius 3 is 2.70 bits per heavy atom. The molecule has 10 nitrogen and oxygen atoms in total. The van der Waals surface area contributed by atoms with Crippen LogP contribution in [0.3, 0.4) is 0 Å². The number of hydrogen-bond donors (Lipinski definition) is 2. The molecule has 3 aromatic heterocycles. The van der Waals surface area contributed by atoms with Gasteiger partial charge in [-0.25, -0.2) is 19.6 Å². The summed E-state index contributed by atoms with van der Waals surface area (Å²) in [5.74, 6) is 0.117. The van der Waals surface area contributed by atoms with E-state index in [-0.39, 0.29) is 10.8 Å². The number of nitrogens with zero attached hydrogens (tertiary/aromatic N) is 5. The minimum absolute atomic E-state index is 0.0658. The summed E-state index contributed by atoms with van der Waals surface area (Å²) in [7, 11) is 0. The first kappa shape index (κ1) is 22.3. The van der Waals surface area contributed by atoms with Gasteiger partial charge in [0.1, 0.15) is 10.8 Å². The van der Waals surface area contributed by atoms with Gasteiger partial charge in [0.15, 0.2) is 5.69 Å². The molecule has 14 heteroatoms. The minimum atomic E-state index is -4.61. The van der Waals surface area contributed by atoms with Crippen LogP contribution in [0.25, 0.3) is 21.7 Å².